The van der Waals surface area contributed by atoms with E-state index in [0.29, 0.717) is 22.0 Å². The number of rotatable bonds is 3. The number of ketones is 1. The zero-order valence-electron chi connectivity index (χ0n) is 19.0. The van der Waals surface area contributed by atoms with Gasteiger partial charge in [-0.25, -0.2) is 0 Å². The molecule has 3 unspecified atom stereocenters. The van der Waals surface area contributed by atoms with Gasteiger partial charge in [0.1, 0.15) is 5.75 Å². The highest BCUT2D eigenvalue weighted by Gasteiger charge is 2.64. The standard InChI is InChI=1S/C30H22ClNO3/c1-19-11-13-20(14-12-19)26-27(21-15-17-23(31)18-16-21)32-35-30(26)28(33)24-9-5-6-10-25(24)34-29(30)22-7-3-2-4-8-22/h2-18,26,29H,1H3. The van der Waals surface area contributed by atoms with Crippen LogP contribution >= 0.6 is 11.6 Å². The largest absolute Gasteiger partial charge is 0.480 e. The van der Waals surface area contributed by atoms with E-state index in [1.807, 2.05) is 104 Å². The van der Waals surface area contributed by atoms with Crippen molar-refractivity contribution < 1.29 is 14.4 Å². The van der Waals surface area contributed by atoms with E-state index in [0.717, 1.165) is 22.3 Å². The molecule has 4 aromatic rings. The SMILES string of the molecule is Cc1ccc(C2C(c3ccc(Cl)cc3)=NOC23C(=O)c2ccccc2OC3c2ccccc2)cc1. The van der Waals surface area contributed by atoms with Crippen LogP contribution in [0, 0.1) is 6.92 Å². The number of carbonyl (C=O) groups is 1. The Bertz CT molecular complexity index is 1430. The van der Waals surface area contributed by atoms with Crippen LogP contribution in [0.5, 0.6) is 5.75 Å². The Balaban J connectivity index is 1.60. The van der Waals surface area contributed by atoms with Crippen molar-refractivity contribution in [3.8, 4) is 5.75 Å². The Labute approximate surface area is 208 Å². The third-order valence-corrected chi connectivity index (χ3v) is 7.02. The first-order valence-electron chi connectivity index (χ1n) is 11.5. The van der Waals surface area contributed by atoms with E-state index in [1.165, 1.54) is 0 Å². The van der Waals surface area contributed by atoms with Gasteiger partial charge >= 0.3 is 0 Å². The Morgan fingerprint density at radius 1 is 0.800 bits per heavy atom. The number of oxime groups is 1. The summed E-state index contributed by atoms with van der Waals surface area (Å²) in [5.74, 6) is -0.106. The van der Waals surface area contributed by atoms with Crippen LogP contribution in [0.25, 0.3) is 0 Å². The van der Waals surface area contributed by atoms with Crippen molar-refractivity contribution in [1.82, 2.24) is 0 Å². The molecule has 1 spiro atoms. The number of carbonyl (C=O) groups excluding carboxylic acids is 1. The van der Waals surface area contributed by atoms with Crippen molar-refractivity contribution in [2.45, 2.75) is 24.5 Å². The number of Topliss-reactive ketones (excluding diaryl/α,β-unsaturated/α-hetero) is 1. The number of ether oxygens (including phenoxy) is 1. The zero-order chi connectivity index (χ0) is 24.0. The lowest BCUT2D eigenvalue weighted by Crippen LogP contribution is -2.54. The van der Waals surface area contributed by atoms with Crippen LogP contribution < -0.4 is 4.74 Å². The molecule has 0 radical (unpaired) electrons. The third kappa shape index (κ3) is 3.44. The summed E-state index contributed by atoms with van der Waals surface area (Å²) in [5.41, 5.74) is 3.49. The molecule has 0 aromatic heterocycles. The molecule has 6 rings (SSSR count). The summed E-state index contributed by atoms with van der Waals surface area (Å²) in [7, 11) is 0. The lowest BCUT2D eigenvalue weighted by molar-refractivity contribution is -0.0852. The van der Waals surface area contributed by atoms with E-state index >= 15 is 0 Å². The molecule has 0 saturated heterocycles. The molecular weight excluding hydrogens is 458 g/mol. The smallest absolute Gasteiger partial charge is 0.252 e. The maximum Gasteiger partial charge on any atom is 0.252 e. The van der Waals surface area contributed by atoms with Gasteiger partial charge in [-0.2, -0.15) is 0 Å². The van der Waals surface area contributed by atoms with Gasteiger partial charge in [0.2, 0.25) is 5.78 Å². The fraction of sp³-hybridized carbons (Fsp3) is 0.133. The summed E-state index contributed by atoms with van der Waals surface area (Å²) in [6, 6.07) is 32.7. The van der Waals surface area contributed by atoms with E-state index in [4.69, 9.17) is 21.2 Å². The topological polar surface area (TPSA) is 47.9 Å². The van der Waals surface area contributed by atoms with Gasteiger partial charge in [-0.1, -0.05) is 101 Å². The predicted octanol–water partition coefficient (Wildman–Crippen LogP) is 6.92. The van der Waals surface area contributed by atoms with E-state index in [1.54, 1.807) is 6.07 Å². The van der Waals surface area contributed by atoms with Crippen LogP contribution in [-0.2, 0) is 4.84 Å². The minimum absolute atomic E-state index is 0.147. The summed E-state index contributed by atoms with van der Waals surface area (Å²) >= 11 is 6.17. The van der Waals surface area contributed by atoms with Gasteiger partial charge in [-0.15, -0.1) is 0 Å². The molecule has 3 atom stereocenters. The van der Waals surface area contributed by atoms with Gasteiger partial charge in [-0.05, 0) is 42.3 Å². The van der Waals surface area contributed by atoms with Crippen molar-refractivity contribution in [1.29, 1.82) is 0 Å². The molecule has 2 aliphatic heterocycles. The minimum atomic E-state index is -1.42. The van der Waals surface area contributed by atoms with Gasteiger partial charge in [0.15, 0.2) is 6.10 Å². The maximum atomic E-state index is 14.4. The molecule has 2 heterocycles. The van der Waals surface area contributed by atoms with Crippen molar-refractivity contribution >= 4 is 23.1 Å². The first kappa shape index (κ1) is 21.6. The molecular formula is C30H22ClNO3. The number of halogens is 1. The lowest BCUT2D eigenvalue weighted by Gasteiger charge is -2.42. The first-order chi connectivity index (χ1) is 17.1. The average Bonchev–Trinajstić information content (AvgIpc) is 3.28. The average molecular weight is 480 g/mol. The summed E-state index contributed by atoms with van der Waals surface area (Å²) in [6.07, 6.45) is -0.703. The molecule has 35 heavy (non-hydrogen) atoms. The van der Waals surface area contributed by atoms with Crippen LogP contribution in [0.2, 0.25) is 5.02 Å². The molecule has 2 aliphatic rings. The Morgan fingerprint density at radius 3 is 2.23 bits per heavy atom. The van der Waals surface area contributed by atoms with Gasteiger partial charge in [0.05, 0.1) is 17.2 Å². The molecule has 4 aromatic carbocycles. The van der Waals surface area contributed by atoms with Crippen LogP contribution in [0.15, 0.2) is 108 Å². The monoisotopic (exact) mass is 479 g/mol. The summed E-state index contributed by atoms with van der Waals surface area (Å²) in [4.78, 5) is 20.7. The second-order valence-corrected chi connectivity index (χ2v) is 9.38. The maximum absolute atomic E-state index is 14.4. The third-order valence-electron chi connectivity index (χ3n) is 6.77. The van der Waals surface area contributed by atoms with Crippen molar-refractivity contribution in [2.75, 3.05) is 0 Å². The van der Waals surface area contributed by atoms with Crippen molar-refractivity contribution in [2.24, 2.45) is 5.16 Å². The van der Waals surface area contributed by atoms with E-state index < -0.39 is 17.6 Å². The highest BCUT2D eigenvalue weighted by Crippen LogP contribution is 2.54. The van der Waals surface area contributed by atoms with Gasteiger partial charge in [0, 0.05) is 10.6 Å². The molecule has 0 saturated carbocycles. The van der Waals surface area contributed by atoms with Crippen LogP contribution in [0.4, 0.5) is 0 Å². The molecule has 0 N–H and O–H groups in total. The molecule has 172 valence electrons. The van der Waals surface area contributed by atoms with Crippen molar-refractivity contribution in [3.05, 3.63) is 136 Å². The first-order valence-corrected chi connectivity index (χ1v) is 11.9. The summed E-state index contributed by atoms with van der Waals surface area (Å²) < 4.78 is 6.56. The Kier molecular flexibility index (Phi) is 5.19. The fourth-order valence-corrected chi connectivity index (χ4v) is 5.18. The molecule has 0 bridgehead atoms. The highest BCUT2D eigenvalue weighted by atomic mass is 35.5. The number of hydrogen-bond donors (Lipinski definition) is 0. The summed E-state index contributed by atoms with van der Waals surface area (Å²) in [5, 5.41) is 5.19. The molecule has 0 aliphatic carbocycles. The van der Waals surface area contributed by atoms with Gasteiger partial charge in [0.25, 0.3) is 5.60 Å². The zero-order valence-corrected chi connectivity index (χ0v) is 19.8. The molecule has 5 heteroatoms. The Morgan fingerprint density at radius 2 is 1.49 bits per heavy atom. The van der Waals surface area contributed by atoms with Gasteiger partial charge in [-0.3, -0.25) is 4.79 Å². The number of para-hydroxylation sites is 1. The van der Waals surface area contributed by atoms with Crippen molar-refractivity contribution in [3.63, 3.8) is 0 Å². The second kappa shape index (κ2) is 8.40. The molecule has 0 fully saturated rings. The number of hydrogen-bond acceptors (Lipinski definition) is 4. The van der Waals surface area contributed by atoms with E-state index in [9.17, 15) is 4.79 Å². The minimum Gasteiger partial charge on any atom is -0.480 e. The lowest BCUT2D eigenvalue weighted by atomic mass is 9.68. The quantitative estimate of drug-likeness (QED) is 0.320. The van der Waals surface area contributed by atoms with Crippen LogP contribution in [0.3, 0.4) is 0 Å². The summed E-state index contributed by atoms with van der Waals surface area (Å²) in [6.45, 7) is 2.04. The number of fused-ring (bicyclic) bond motifs is 1. The van der Waals surface area contributed by atoms with Gasteiger partial charge < -0.3 is 9.57 Å². The van der Waals surface area contributed by atoms with E-state index in [2.05, 4.69) is 5.16 Å². The highest BCUT2D eigenvalue weighted by molar-refractivity contribution is 6.30. The number of nitrogens with zero attached hydrogens (tertiary/aromatic N) is 1. The Hall–Kier alpha value is -3.89. The number of aryl methyl sites for hydroxylation is 1. The predicted molar refractivity (Wildman–Crippen MR) is 136 cm³/mol. The number of benzene rings is 4. The molecule has 0 amide bonds. The fourth-order valence-electron chi connectivity index (χ4n) is 5.05. The van der Waals surface area contributed by atoms with E-state index in [-0.39, 0.29) is 5.78 Å². The second-order valence-electron chi connectivity index (χ2n) is 8.95. The van der Waals surface area contributed by atoms with Crippen LogP contribution in [0.1, 0.15) is 44.6 Å². The molecule has 4 nitrogen and oxygen atoms in total. The normalized spacial score (nSPS) is 22.8. The van der Waals surface area contributed by atoms with Crippen LogP contribution in [-0.4, -0.2) is 17.1 Å².